The average molecular weight is 458 g/mol. The summed E-state index contributed by atoms with van der Waals surface area (Å²) >= 11 is 0. The van der Waals surface area contributed by atoms with Gasteiger partial charge in [-0.05, 0) is 59.4 Å². The molecule has 0 bridgehead atoms. The Morgan fingerprint density at radius 1 is 1.09 bits per heavy atom. The molecule has 1 aliphatic rings. The van der Waals surface area contributed by atoms with Crippen LogP contribution >= 0.6 is 0 Å². The zero-order chi connectivity index (χ0) is 23.7. The minimum atomic E-state index is -0.672. The van der Waals surface area contributed by atoms with Crippen LogP contribution in [0.3, 0.4) is 0 Å². The molecule has 2 heterocycles. The van der Waals surface area contributed by atoms with Crippen molar-refractivity contribution in [3.8, 4) is 0 Å². The third-order valence-electron chi connectivity index (χ3n) is 6.82. The van der Waals surface area contributed by atoms with Crippen molar-refractivity contribution in [1.29, 1.82) is 0 Å². The summed E-state index contributed by atoms with van der Waals surface area (Å²) < 4.78 is 13.6. The highest BCUT2D eigenvalue weighted by atomic mass is 19.1. The summed E-state index contributed by atoms with van der Waals surface area (Å²) in [6, 6.07) is 18.6. The molecule has 0 saturated carbocycles. The summed E-state index contributed by atoms with van der Waals surface area (Å²) in [4.78, 5) is 30.7. The molecule has 5 nitrogen and oxygen atoms in total. The van der Waals surface area contributed by atoms with Gasteiger partial charge in [0, 0.05) is 43.0 Å². The van der Waals surface area contributed by atoms with E-state index in [2.05, 4.69) is 40.6 Å². The summed E-state index contributed by atoms with van der Waals surface area (Å²) in [6.45, 7) is 2.12. The lowest BCUT2D eigenvalue weighted by Crippen LogP contribution is -2.51. The number of nitrogens with one attached hydrogen (secondary N) is 2. The third kappa shape index (κ3) is 4.40. The van der Waals surface area contributed by atoms with Crippen LogP contribution in [-0.4, -0.2) is 40.3 Å². The molecule has 4 aromatic rings. The number of rotatable bonds is 6. The molecule has 2 N–H and O–H groups in total. The number of aromatic amines is 1. The summed E-state index contributed by atoms with van der Waals surface area (Å²) in [6.07, 6.45) is 4.81. The molecule has 2 amide bonds. The SMILES string of the molecule is CC(=O)NC(Cc1c[nH]c2cc(F)ccc12)C(=O)N1CCCC1Cc1cccc2ccccc12. The lowest BCUT2D eigenvalue weighted by molar-refractivity contribution is -0.136. The fraction of sp³-hybridized carbons (Fsp3) is 0.286. The van der Waals surface area contributed by atoms with Gasteiger partial charge in [0.1, 0.15) is 11.9 Å². The maximum Gasteiger partial charge on any atom is 0.245 e. The van der Waals surface area contributed by atoms with Crippen LogP contribution in [0.1, 0.15) is 30.9 Å². The van der Waals surface area contributed by atoms with Crippen LogP contribution in [0.2, 0.25) is 0 Å². The molecule has 1 saturated heterocycles. The second kappa shape index (κ2) is 9.29. The number of hydrogen-bond acceptors (Lipinski definition) is 2. The van der Waals surface area contributed by atoms with Crippen molar-refractivity contribution in [2.45, 2.75) is 44.7 Å². The zero-order valence-corrected chi connectivity index (χ0v) is 19.2. The number of halogens is 1. The largest absolute Gasteiger partial charge is 0.361 e. The number of carbonyl (C=O) groups excluding carboxylic acids is 2. The maximum absolute atomic E-state index is 13.7. The Balaban J connectivity index is 1.39. The molecular formula is C28H28FN3O2. The average Bonchev–Trinajstić information content (AvgIpc) is 3.45. The predicted octanol–water partition coefficient (Wildman–Crippen LogP) is 4.74. The van der Waals surface area contributed by atoms with Gasteiger partial charge in [0.15, 0.2) is 0 Å². The number of aromatic nitrogens is 1. The molecule has 2 atom stereocenters. The van der Waals surface area contributed by atoms with E-state index >= 15 is 0 Å². The zero-order valence-electron chi connectivity index (χ0n) is 19.2. The van der Waals surface area contributed by atoms with Crippen LogP contribution in [0.25, 0.3) is 21.7 Å². The number of fused-ring (bicyclic) bond motifs is 2. The van der Waals surface area contributed by atoms with Crippen molar-refractivity contribution in [3.63, 3.8) is 0 Å². The van der Waals surface area contributed by atoms with Crippen LogP contribution in [0.4, 0.5) is 4.39 Å². The molecule has 0 aliphatic carbocycles. The smallest absolute Gasteiger partial charge is 0.245 e. The molecule has 2 unspecified atom stereocenters. The van der Waals surface area contributed by atoms with E-state index in [1.54, 1.807) is 12.3 Å². The van der Waals surface area contributed by atoms with E-state index < -0.39 is 6.04 Å². The highest BCUT2D eigenvalue weighted by Gasteiger charge is 2.34. The standard InChI is InChI=1S/C28H28FN3O2/c1-18(33)31-27(15-21-17-30-26-16-22(29)11-12-25(21)26)28(34)32-13-5-9-23(32)14-20-8-4-7-19-6-2-3-10-24(19)20/h2-4,6-8,10-12,16-17,23,27,30H,5,9,13-15H2,1H3,(H,31,33). The lowest BCUT2D eigenvalue weighted by Gasteiger charge is -2.29. The van der Waals surface area contributed by atoms with Gasteiger partial charge in [-0.3, -0.25) is 9.59 Å². The van der Waals surface area contributed by atoms with Gasteiger partial charge >= 0.3 is 0 Å². The predicted molar refractivity (Wildman–Crippen MR) is 132 cm³/mol. The van der Waals surface area contributed by atoms with Gasteiger partial charge in [-0.2, -0.15) is 0 Å². The Labute approximate surface area is 198 Å². The van der Waals surface area contributed by atoms with E-state index in [4.69, 9.17) is 0 Å². The molecule has 5 rings (SSSR count). The van der Waals surface area contributed by atoms with Crippen molar-refractivity contribution in [2.75, 3.05) is 6.54 Å². The highest BCUT2D eigenvalue weighted by Crippen LogP contribution is 2.27. The van der Waals surface area contributed by atoms with E-state index in [1.165, 1.54) is 35.4 Å². The Morgan fingerprint density at radius 2 is 1.91 bits per heavy atom. The molecule has 34 heavy (non-hydrogen) atoms. The summed E-state index contributed by atoms with van der Waals surface area (Å²) in [5.74, 6) is -0.618. The Morgan fingerprint density at radius 3 is 2.76 bits per heavy atom. The van der Waals surface area contributed by atoms with Crippen molar-refractivity contribution in [2.24, 2.45) is 0 Å². The third-order valence-corrected chi connectivity index (χ3v) is 6.82. The molecule has 1 aromatic heterocycles. The van der Waals surface area contributed by atoms with Gasteiger partial charge in [0.05, 0.1) is 0 Å². The first kappa shape index (κ1) is 22.1. The molecule has 0 radical (unpaired) electrons. The monoisotopic (exact) mass is 457 g/mol. The van der Waals surface area contributed by atoms with Crippen molar-refractivity contribution < 1.29 is 14.0 Å². The summed E-state index contributed by atoms with van der Waals surface area (Å²) in [5.41, 5.74) is 2.79. The number of likely N-dealkylation sites (tertiary alicyclic amines) is 1. The Kier molecular flexibility index (Phi) is 6.05. The first-order chi connectivity index (χ1) is 16.5. The van der Waals surface area contributed by atoms with Crippen LogP contribution in [0.15, 0.2) is 66.9 Å². The number of hydrogen-bond donors (Lipinski definition) is 2. The number of benzene rings is 3. The number of nitrogens with zero attached hydrogens (tertiary/aromatic N) is 1. The topological polar surface area (TPSA) is 65.2 Å². The first-order valence-electron chi connectivity index (χ1n) is 11.8. The second-order valence-electron chi connectivity index (χ2n) is 9.13. The Hall–Kier alpha value is -3.67. The Bertz CT molecular complexity index is 1360. The minimum Gasteiger partial charge on any atom is -0.361 e. The van der Waals surface area contributed by atoms with Crippen molar-refractivity contribution >= 4 is 33.5 Å². The molecule has 1 aliphatic heterocycles. The van der Waals surface area contributed by atoms with Crippen LogP contribution in [-0.2, 0) is 22.4 Å². The molecule has 3 aromatic carbocycles. The highest BCUT2D eigenvalue weighted by molar-refractivity contribution is 5.90. The molecule has 6 heteroatoms. The van der Waals surface area contributed by atoms with E-state index in [9.17, 15) is 14.0 Å². The first-order valence-corrected chi connectivity index (χ1v) is 11.8. The van der Waals surface area contributed by atoms with Gasteiger partial charge < -0.3 is 15.2 Å². The summed E-state index contributed by atoms with van der Waals surface area (Å²) in [5, 5.41) is 6.14. The van der Waals surface area contributed by atoms with Crippen LogP contribution < -0.4 is 5.32 Å². The second-order valence-corrected chi connectivity index (χ2v) is 9.13. The quantitative estimate of drug-likeness (QED) is 0.439. The van der Waals surface area contributed by atoms with Crippen molar-refractivity contribution in [1.82, 2.24) is 15.2 Å². The fourth-order valence-electron chi connectivity index (χ4n) is 5.26. The van der Waals surface area contributed by atoms with Gasteiger partial charge in [0.2, 0.25) is 11.8 Å². The molecule has 1 fully saturated rings. The van der Waals surface area contributed by atoms with E-state index in [0.29, 0.717) is 18.5 Å². The molecule has 174 valence electrons. The number of carbonyl (C=O) groups is 2. The number of amides is 2. The maximum atomic E-state index is 13.7. The molecular weight excluding hydrogens is 429 g/mol. The molecule has 0 spiro atoms. The van der Waals surface area contributed by atoms with Crippen molar-refractivity contribution in [3.05, 3.63) is 83.8 Å². The van der Waals surface area contributed by atoms with Gasteiger partial charge in [-0.25, -0.2) is 4.39 Å². The van der Waals surface area contributed by atoms with Gasteiger partial charge in [0.25, 0.3) is 0 Å². The minimum absolute atomic E-state index is 0.0607. The lowest BCUT2D eigenvalue weighted by atomic mass is 9.97. The van der Waals surface area contributed by atoms with Crippen LogP contribution in [0.5, 0.6) is 0 Å². The summed E-state index contributed by atoms with van der Waals surface area (Å²) in [7, 11) is 0. The van der Waals surface area contributed by atoms with E-state index in [0.717, 1.165) is 30.2 Å². The number of H-pyrrole nitrogens is 1. The van der Waals surface area contributed by atoms with Crippen LogP contribution in [0, 0.1) is 5.82 Å². The van der Waals surface area contributed by atoms with Gasteiger partial charge in [-0.1, -0.05) is 42.5 Å². The van der Waals surface area contributed by atoms with E-state index in [-0.39, 0.29) is 23.7 Å². The van der Waals surface area contributed by atoms with E-state index in [1.807, 2.05) is 17.0 Å². The van der Waals surface area contributed by atoms with Gasteiger partial charge in [-0.15, -0.1) is 0 Å². The fourth-order valence-corrected chi connectivity index (χ4v) is 5.26. The normalized spacial score (nSPS) is 16.8.